The van der Waals surface area contributed by atoms with Crippen LogP contribution in [-0.2, 0) is 4.79 Å². The van der Waals surface area contributed by atoms with Crippen molar-refractivity contribution in [2.75, 3.05) is 13.6 Å². The standard InChI is InChI=1S/C16H15N3O2/c1-19-15(20)11-17-16(18-19)12-7-9-14(10-8-12)21-13-5-3-2-4-6-13/h2-10H,11H2,1H3,(H,17,18). The first kappa shape index (κ1) is 13.2. The minimum Gasteiger partial charge on any atom is -0.457 e. The minimum absolute atomic E-state index is 0.0530. The van der Waals surface area contributed by atoms with Crippen LogP contribution in [0.15, 0.2) is 59.6 Å². The van der Waals surface area contributed by atoms with E-state index in [9.17, 15) is 4.79 Å². The smallest absolute Gasteiger partial charge is 0.262 e. The first-order chi connectivity index (χ1) is 10.2. The Balaban J connectivity index is 1.74. The maximum absolute atomic E-state index is 11.4. The third kappa shape index (κ3) is 3.02. The van der Waals surface area contributed by atoms with Gasteiger partial charge in [-0.2, -0.15) is 0 Å². The van der Waals surface area contributed by atoms with Gasteiger partial charge in [0.25, 0.3) is 5.91 Å². The SMILES string of the molecule is CN1NC(c2ccc(Oc3ccccc3)cc2)=NCC1=O. The number of para-hydroxylation sites is 1. The molecule has 1 N–H and O–H groups in total. The number of carbonyl (C=O) groups excluding carboxylic acids is 1. The number of hydrazine groups is 1. The van der Waals surface area contributed by atoms with Gasteiger partial charge in [0.15, 0.2) is 0 Å². The number of aliphatic imine (C=N–C) groups is 1. The zero-order valence-corrected chi connectivity index (χ0v) is 11.6. The van der Waals surface area contributed by atoms with Gasteiger partial charge in [-0.25, -0.2) is 0 Å². The summed E-state index contributed by atoms with van der Waals surface area (Å²) in [5.41, 5.74) is 3.86. The quantitative estimate of drug-likeness (QED) is 0.938. The van der Waals surface area contributed by atoms with E-state index in [2.05, 4.69) is 10.4 Å². The van der Waals surface area contributed by atoms with E-state index in [0.29, 0.717) is 5.84 Å². The monoisotopic (exact) mass is 281 g/mol. The Morgan fingerprint density at radius 3 is 2.38 bits per heavy atom. The van der Waals surface area contributed by atoms with Gasteiger partial charge in [-0.15, -0.1) is 0 Å². The number of benzene rings is 2. The average molecular weight is 281 g/mol. The number of likely N-dealkylation sites (N-methyl/N-ethyl adjacent to an activating group) is 1. The van der Waals surface area contributed by atoms with Crippen molar-refractivity contribution in [3.05, 3.63) is 60.2 Å². The van der Waals surface area contributed by atoms with E-state index < -0.39 is 0 Å². The van der Waals surface area contributed by atoms with Gasteiger partial charge in [0, 0.05) is 12.6 Å². The van der Waals surface area contributed by atoms with Crippen LogP contribution in [0.1, 0.15) is 5.56 Å². The second-order valence-corrected chi connectivity index (χ2v) is 4.67. The molecule has 0 aromatic heterocycles. The number of ether oxygens (including phenoxy) is 1. The first-order valence-electron chi connectivity index (χ1n) is 6.63. The number of hydrogen-bond acceptors (Lipinski definition) is 4. The third-order valence-electron chi connectivity index (χ3n) is 3.13. The number of amides is 1. The lowest BCUT2D eigenvalue weighted by atomic mass is 10.2. The third-order valence-corrected chi connectivity index (χ3v) is 3.13. The van der Waals surface area contributed by atoms with Crippen molar-refractivity contribution in [3.8, 4) is 11.5 Å². The zero-order valence-electron chi connectivity index (χ0n) is 11.6. The van der Waals surface area contributed by atoms with Crippen LogP contribution in [0.2, 0.25) is 0 Å². The van der Waals surface area contributed by atoms with Crippen molar-refractivity contribution in [2.45, 2.75) is 0 Å². The molecular weight excluding hydrogens is 266 g/mol. The van der Waals surface area contributed by atoms with Crippen LogP contribution in [0, 0.1) is 0 Å². The highest BCUT2D eigenvalue weighted by molar-refractivity contribution is 6.02. The number of carbonyl (C=O) groups is 1. The van der Waals surface area contributed by atoms with Gasteiger partial charge in [-0.3, -0.25) is 20.2 Å². The van der Waals surface area contributed by atoms with Crippen molar-refractivity contribution >= 4 is 11.7 Å². The first-order valence-corrected chi connectivity index (χ1v) is 6.63. The molecule has 2 aromatic carbocycles. The predicted octanol–water partition coefficient (Wildman–Crippen LogP) is 2.20. The van der Waals surface area contributed by atoms with Gasteiger partial charge < -0.3 is 4.74 Å². The van der Waals surface area contributed by atoms with Gasteiger partial charge in [0.2, 0.25) is 0 Å². The molecule has 3 rings (SSSR count). The molecule has 21 heavy (non-hydrogen) atoms. The zero-order chi connectivity index (χ0) is 14.7. The van der Waals surface area contributed by atoms with Crippen molar-refractivity contribution < 1.29 is 9.53 Å². The normalized spacial score (nSPS) is 14.4. The van der Waals surface area contributed by atoms with Crippen LogP contribution in [0.4, 0.5) is 0 Å². The summed E-state index contributed by atoms with van der Waals surface area (Å²) in [6, 6.07) is 17.2. The molecule has 0 saturated carbocycles. The molecule has 0 unspecified atom stereocenters. The molecule has 0 aliphatic carbocycles. The highest BCUT2D eigenvalue weighted by Gasteiger charge is 2.17. The van der Waals surface area contributed by atoms with Gasteiger partial charge >= 0.3 is 0 Å². The number of amidine groups is 1. The molecule has 5 heteroatoms. The maximum Gasteiger partial charge on any atom is 0.262 e. The van der Waals surface area contributed by atoms with Crippen LogP contribution in [0.5, 0.6) is 11.5 Å². The molecule has 1 aliphatic rings. The molecule has 0 atom stereocenters. The fourth-order valence-electron chi connectivity index (χ4n) is 1.97. The number of nitrogens with zero attached hydrogens (tertiary/aromatic N) is 2. The Hall–Kier alpha value is -2.82. The van der Waals surface area contributed by atoms with E-state index in [-0.39, 0.29) is 12.5 Å². The van der Waals surface area contributed by atoms with E-state index in [1.165, 1.54) is 5.01 Å². The predicted molar refractivity (Wildman–Crippen MR) is 80.3 cm³/mol. The number of hydrogen-bond donors (Lipinski definition) is 1. The van der Waals surface area contributed by atoms with Gasteiger partial charge in [0.05, 0.1) is 0 Å². The van der Waals surface area contributed by atoms with Crippen molar-refractivity contribution in [3.63, 3.8) is 0 Å². The highest BCUT2D eigenvalue weighted by atomic mass is 16.5. The van der Waals surface area contributed by atoms with Crippen LogP contribution in [0.25, 0.3) is 0 Å². The van der Waals surface area contributed by atoms with Crippen molar-refractivity contribution in [2.24, 2.45) is 4.99 Å². The molecule has 0 fully saturated rings. The molecule has 0 radical (unpaired) electrons. The van der Waals surface area contributed by atoms with Crippen LogP contribution >= 0.6 is 0 Å². The number of rotatable bonds is 3. The average Bonchev–Trinajstić information content (AvgIpc) is 2.52. The fraction of sp³-hybridized carbons (Fsp3) is 0.125. The number of nitrogens with one attached hydrogen (secondary N) is 1. The molecule has 106 valence electrons. The molecular formula is C16H15N3O2. The highest BCUT2D eigenvalue weighted by Crippen LogP contribution is 2.21. The fourth-order valence-corrected chi connectivity index (χ4v) is 1.97. The van der Waals surface area contributed by atoms with Crippen LogP contribution in [-0.4, -0.2) is 30.3 Å². The lowest BCUT2D eigenvalue weighted by molar-refractivity contribution is -0.130. The topological polar surface area (TPSA) is 53.9 Å². The summed E-state index contributed by atoms with van der Waals surface area (Å²) in [5, 5.41) is 1.44. The van der Waals surface area contributed by atoms with Gasteiger partial charge in [-0.1, -0.05) is 18.2 Å². The Morgan fingerprint density at radius 2 is 1.71 bits per heavy atom. The van der Waals surface area contributed by atoms with E-state index >= 15 is 0 Å². The summed E-state index contributed by atoms with van der Waals surface area (Å²) in [6.45, 7) is 0.168. The molecule has 0 spiro atoms. The van der Waals surface area contributed by atoms with E-state index in [1.54, 1.807) is 7.05 Å². The van der Waals surface area contributed by atoms with Gasteiger partial charge in [0.1, 0.15) is 23.9 Å². The van der Waals surface area contributed by atoms with E-state index in [4.69, 9.17) is 4.74 Å². The molecule has 1 aliphatic heterocycles. The second kappa shape index (κ2) is 5.66. The molecule has 2 aromatic rings. The molecule has 5 nitrogen and oxygen atoms in total. The van der Waals surface area contributed by atoms with E-state index in [0.717, 1.165) is 17.1 Å². The Morgan fingerprint density at radius 1 is 1.05 bits per heavy atom. The molecule has 0 bridgehead atoms. The summed E-state index contributed by atoms with van der Waals surface area (Å²) < 4.78 is 5.73. The lowest BCUT2D eigenvalue weighted by Crippen LogP contribution is -2.48. The second-order valence-electron chi connectivity index (χ2n) is 4.67. The van der Waals surface area contributed by atoms with E-state index in [1.807, 2.05) is 54.6 Å². The van der Waals surface area contributed by atoms with Crippen molar-refractivity contribution in [1.29, 1.82) is 0 Å². The molecule has 0 saturated heterocycles. The van der Waals surface area contributed by atoms with Crippen LogP contribution < -0.4 is 10.2 Å². The summed E-state index contributed by atoms with van der Waals surface area (Å²) >= 11 is 0. The molecule has 1 heterocycles. The summed E-state index contributed by atoms with van der Waals surface area (Å²) in [7, 11) is 1.68. The van der Waals surface area contributed by atoms with Crippen molar-refractivity contribution in [1.82, 2.24) is 10.4 Å². The summed E-state index contributed by atoms with van der Waals surface area (Å²) in [5.74, 6) is 2.18. The van der Waals surface area contributed by atoms with Gasteiger partial charge in [-0.05, 0) is 36.4 Å². The summed E-state index contributed by atoms with van der Waals surface area (Å²) in [4.78, 5) is 15.6. The molecule has 1 amide bonds. The summed E-state index contributed by atoms with van der Waals surface area (Å²) in [6.07, 6.45) is 0. The van der Waals surface area contributed by atoms with Crippen LogP contribution in [0.3, 0.4) is 0 Å². The Labute approximate surface area is 122 Å². The Bertz CT molecular complexity index is 666. The lowest BCUT2D eigenvalue weighted by Gasteiger charge is -2.24. The Kier molecular flexibility index (Phi) is 3.55. The largest absolute Gasteiger partial charge is 0.457 e. The minimum atomic E-state index is -0.0530. The maximum atomic E-state index is 11.4.